The van der Waals surface area contributed by atoms with E-state index in [-0.39, 0.29) is 0 Å². The topological polar surface area (TPSA) is 51.6 Å². The SMILES string of the molecule is CC(C)c1cc2ncnnc2cn1. The molecule has 4 heteroatoms. The number of aromatic nitrogens is 4. The molecule has 2 aromatic heterocycles. The van der Waals surface area contributed by atoms with Gasteiger partial charge in [0.15, 0.2) is 0 Å². The normalized spacial score (nSPS) is 11.0. The quantitative estimate of drug-likeness (QED) is 0.658. The molecule has 0 unspecified atom stereocenters. The monoisotopic (exact) mass is 174 g/mol. The van der Waals surface area contributed by atoms with Gasteiger partial charge < -0.3 is 0 Å². The molecule has 0 aromatic carbocycles. The highest BCUT2D eigenvalue weighted by atomic mass is 15.1. The van der Waals surface area contributed by atoms with Crippen LogP contribution in [0.4, 0.5) is 0 Å². The Morgan fingerprint density at radius 2 is 2.00 bits per heavy atom. The van der Waals surface area contributed by atoms with E-state index in [0.717, 1.165) is 16.7 Å². The lowest BCUT2D eigenvalue weighted by atomic mass is 10.1. The molecule has 0 aliphatic carbocycles. The third kappa shape index (κ3) is 1.47. The fraction of sp³-hybridized carbons (Fsp3) is 0.333. The zero-order valence-corrected chi connectivity index (χ0v) is 7.60. The van der Waals surface area contributed by atoms with Crippen LogP contribution in [0.1, 0.15) is 25.5 Å². The van der Waals surface area contributed by atoms with Crippen LogP contribution >= 0.6 is 0 Å². The van der Waals surface area contributed by atoms with Crippen molar-refractivity contribution in [1.82, 2.24) is 20.2 Å². The van der Waals surface area contributed by atoms with Crippen LogP contribution in [0.3, 0.4) is 0 Å². The smallest absolute Gasteiger partial charge is 0.138 e. The zero-order chi connectivity index (χ0) is 9.26. The van der Waals surface area contributed by atoms with Gasteiger partial charge in [0.05, 0.1) is 11.7 Å². The number of hydrogen-bond acceptors (Lipinski definition) is 4. The predicted octanol–water partition coefficient (Wildman–Crippen LogP) is 1.54. The summed E-state index contributed by atoms with van der Waals surface area (Å²) in [4.78, 5) is 8.37. The lowest BCUT2D eigenvalue weighted by Crippen LogP contribution is -1.94. The largest absolute Gasteiger partial charge is 0.259 e. The van der Waals surface area contributed by atoms with Crippen LogP contribution in [0, 0.1) is 0 Å². The molecule has 0 radical (unpaired) electrons. The van der Waals surface area contributed by atoms with E-state index in [2.05, 4.69) is 34.0 Å². The van der Waals surface area contributed by atoms with E-state index in [0.29, 0.717) is 5.92 Å². The average Bonchev–Trinajstić information content (AvgIpc) is 2.17. The standard InChI is InChI=1S/C9H10N4/c1-6(2)7-3-8-9(4-10-7)13-12-5-11-8/h3-6H,1-2H3. The molecular weight excluding hydrogens is 164 g/mol. The minimum atomic E-state index is 0.416. The van der Waals surface area contributed by atoms with Gasteiger partial charge in [0.1, 0.15) is 11.8 Å². The number of hydrogen-bond donors (Lipinski definition) is 0. The maximum Gasteiger partial charge on any atom is 0.138 e. The van der Waals surface area contributed by atoms with E-state index in [9.17, 15) is 0 Å². The summed E-state index contributed by atoms with van der Waals surface area (Å²) in [6.45, 7) is 4.20. The molecule has 0 aliphatic heterocycles. The first-order valence-electron chi connectivity index (χ1n) is 4.20. The molecule has 0 saturated heterocycles. The van der Waals surface area contributed by atoms with Crippen molar-refractivity contribution in [2.45, 2.75) is 19.8 Å². The second-order valence-corrected chi connectivity index (χ2v) is 3.21. The Bertz CT molecular complexity index is 425. The first-order valence-corrected chi connectivity index (χ1v) is 4.20. The average molecular weight is 174 g/mol. The molecule has 4 nitrogen and oxygen atoms in total. The molecule has 0 spiro atoms. The molecule has 2 aromatic rings. The summed E-state index contributed by atoms with van der Waals surface area (Å²) in [5, 5.41) is 7.59. The van der Waals surface area contributed by atoms with Crippen LogP contribution in [0.25, 0.3) is 11.0 Å². The molecule has 2 heterocycles. The third-order valence-electron chi connectivity index (χ3n) is 1.89. The molecule has 66 valence electrons. The summed E-state index contributed by atoms with van der Waals surface area (Å²) < 4.78 is 0. The van der Waals surface area contributed by atoms with Crippen LogP contribution in [0.5, 0.6) is 0 Å². The lowest BCUT2D eigenvalue weighted by molar-refractivity contribution is 0.823. The summed E-state index contributed by atoms with van der Waals surface area (Å²) in [5.41, 5.74) is 2.63. The lowest BCUT2D eigenvalue weighted by Gasteiger charge is -2.03. The first kappa shape index (κ1) is 8.04. The van der Waals surface area contributed by atoms with Crippen LogP contribution in [0.15, 0.2) is 18.6 Å². The first-order chi connectivity index (χ1) is 6.27. The van der Waals surface area contributed by atoms with Crippen molar-refractivity contribution in [2.75, 3.05) is 0 Å². The van der Waals surface area contributed by atoms with E-state index in [1.54, 1.807) is 6.20 Å². The van der Waals surface area contributed by atoms with E-state index >= 15 is 0 Å². The van der Waals surface area contributed by atoms with Crippen LogP contribution in [-0.2, 0) is 0 Å². The molecule has 0 bridgehead atoms. The maximum absolute atomic E-state index is 4.26. The minimum Gasteiger partial charge on any atom is -0.259 e. The summed E-state index contributed by atoms with van der Waals surface area (Å²) in [7, 11) is 0. The van der Waals surface area contributed by atoms with E-state index in [1.807, 2.05) is 6.07 Å². The molecular formula is C9H10N4. The van der Waals surface area contributed by atoms with Crippen molar-refractivity contribution in [3.8, 4) is 0 Å². The molecule has 2 rings (SSSR count). The van der Waals surface area contributed by atoms with Crippen molar-refractivity contribution in [3.05, 3.63) is 24.3 Å². The molecule has 0 fully saturated rings. The minimum absolute atomic E-state index is 0.416. The molecule has 0 saturated carbocycles. The van der Waals surface area contributed by atoms with Gasteiger partial charge in [-0.3, -0.25) is 4.98 Å². The van der Waals surface area contributed by atoms with Crippen molar-refractivity contribution in [3.63, 3.8) is 0 Å². The van der Waals surface area contributed by atoms with Crippen molar-refractivity contribution in [2.24, 2.45) is 0 Å². The molecule has 0 N–H and O–H groups in total. The van der Waals surface area contributed by atoms with Gasteiger partial charge in [0.2, 0.25) is 0 Å². The van der Waals surface area contributed by atoms with E-state index in [1.165, 1.54) is 6.33 Å². The van der Waals surface area contributed by atoms with Gasteiger partial charge in [-0.25, -0.2) is 4.98 Å². The molecule has 0 atom stereocenters. The van der Waals surface area contributed by atoms with Crippen molar-refractivity contribution >= 4 is 11.0 Å². The van der Waals surface area contributed by atoms with Crippen LogP contribution < -0.4 is 0 Å². The van der Waals surface area contributed by atoms with Crippen molar-refractivity contribution < 1.29 is 0 Å². The zero-order valence-electron chi connectivity index (χ0n) is 7.60. The van der Waals surface area contributed by atoms with Crippen molar-refractivity contribution in [1.29, 1.82) is 0 Å². The van der Waals surface area contributed by atoms with Gasteiger partial charge in [-0.1, -0.05) is 13.8 Å². The van der Waals surface area contributed by atoms with Crippen LogP contribution in [0.2, 0.25) is 0 Å². The third-order valence-corrected chi connectivity index (χ3v) is 1.89. The summed E-state index contributed by atoms with van der Waals surface area (Å²) in [5.74, 6) is 0.416. The van der Waals surface area contributed by atoms with Gasteiger partial charge in [-0.15, -0.1) is 10.2 Å². The molecule has 0 aliphatic rings. The Kier molecular flexibility index (Phi) is 1.88. The highest BCUT2D eigenvalue weighted by molar-refractivity contribution is 5.72. The van der Waals surface area contributed by atoms with E-state index in [4.69, 9.17) is 0 Å². The Morgan fingerprint density at radius 3 is 2.77 bits per heavy atom. The highest BCUT2D eigenvalue weighted by Gasteiger charge is 2.02. The predicted molar refractivity (Wildman–Crippen MR) is 49.2 cm³/mol. The fourth-order valence-electron chi connectivity index (χ4n) is 1.13. The number of pyridine rings is 1. The number of rotatable bonds is 1. The maximum atomic E-state index is 4.26. The Labute approximate surface area is 76.1 Å². The van der Waals surface area contributed by atoms with Gasteiger partial charge >= 0.3 is 0 Å². The van der Waals surface area contributed by atoms with E-state index < -0.39 is 0 Å². The number of nitrogens with zero attached hydrogens (tertiary/aromatic N) is 4. The molecule has 0 amide bonds. The highest BCUT2D eigenvalue weighted by Crippen LogP contribution is 2.14. The fourth-order valence-corrected chi connectivity index (χ4v) is 1.13. The summed E-state index contributed by atoms with van der Waals surface area (Å²) >= 11 is 0. The van der Waals surface area contributed by atoms with Gasteiger partial charge in [-0.2, -0.15) is 0 Å². The van der Waals surface area contributed by atoms with Gasteiger partial charge in [0.25, 0.3) is 0 Å². The second kappa shape index (κ2) is 3.05. The van der Waals surface area contributed by atoms with Gasteiger partial charge in [-0.05, 0) is 12.0 Å². The Hall–Kier alpha value is -1.58. The van der Waals surface area contributed by atoms with Crippen LogP contribution in [-0.4, -0.2) is 20.2 Å². The Balaban J connectivity index is 2.62. The molecule has 13 heavy (non-hydrogen) atoms. The number of fused-ring (bicyclic) bond motifs is 1. The summed E-state index contributed by atoms with van der Waals surface area (Å²) in [6, 6.07) is 1.95. The van der Waals surface area contributed by atoms with Gasteiger partial charge in [0, 0.05) is 5.69 Å². The summed E-state index contributed by atoms with van der Waals surface area (Å²) in [6.07, 6.45) is 3.16. The Morgan fingerprint density at radius 1 is 1.15 bits per heavy atom. The second-order valence-electron chi connectivity index (χ2n) is 3.21.